The van der Waals surface area contributed by atoms with Gasteiger partial charge < -0.3 is 16.4 Å². The molecule has 4 N–H and O–H groups in total. The Morgan fingerprint density at radius 2 is 1.90 bits per heavy atom. The number of anilines is 1. The lowest BCUT2D eigenvalue weighted by Gasteiger charge is -2.37. The molecule has 1 fully saturated rings. The number of thiocarbonyl (C=S) groups is 1. The maximum atomic E-state index is 13.5. The number of amides is 2. The molecule has 0 radical (unpaired) electrons. The summed E-state index contributed by atoms with van der Waals surface area (Å²) >= 11 is 5.07. The van der Waals surface area contributed by atoms with Gasteiger partial charge in [0, 0.05) is 6.07 Å². The maximum Gasteiger partial charge on any atom is 0.320 e. The van der Waals surface area contributed by atoms with Gasteiger partial charge in [0.15, 0.2) is 0 Å². The third kappa shape index (κ3) is 3.66. The molecular weight excluding hydrogens is 296 g/mol. The van der Waals surface area contributed by atoms with Gasteiger partial charge in [-0.1, -0.05) is 31.5 Å². The van der Waals surface area contributed by atoms with Crippen LogP contribution in [-0.2, 0) is 0 Å². The van der Waals surface area contributed by atoms with E-state index in [0.717, 1.165) is 25.3 Å². The summed E-state index contributed by atoms with van der Waals surface area (Å²) < 4.78 is 26.3. The van der Waals surface area contributed by atoms with Crippen molar-refractivity contribution in [2.24, 2.45) is 5.73 Å². The zero-order chi connectivity index (χ0) is 15.5. The van der Waals surface area contributed by atoms with Crippen LogP contribution in [0.1, 0.15) is 32.1 Å². The highest BCUT2D eigenvalue weighted by molar-refractivity contribution is 7.80. The Balaban J connectivity index is 2.07. The molecular formula is C14H17F2N3OS. The molecule has 0 spiro atoms. The zero-order valence-corrected chi connectivity index (χ0v) is 12.2. The second kappa shape index (κ2) is 6.34. The smallest absolute Gasteiger partial charge is 0.320 e. The summed E-state index contributed by atoms with van der Waals surface area (Å²) in [5, 5.41) is 5.10. The summed E-state index contributed by atoms with van der Waals surface area (Å²) in [7, 11) is 0. The van der Waals surface area contributed by atoms with E-state index in [-0.39, 0.29) is 10.7 Å². The molecule has 0 heterocycles. The van der Waals surface area contributed by atoms with Crippen LogP contribution >= 0.6 is 12.2 Å². The fourth-order valence-corrected chi connectivity index (χ4v) is 2.81. The first kappa shape index (κ1) is 15.6. The quantitative estimate of drug-likeness (QED) is 0.751. The molecule has 0 saturated heterocycles. The van der Waals surface area contributed by atoms with Crippen LogP contribution in [0.25, 0.3) is 0 Å². The first-order valence-corrected chi connectivity index (χ1v) is 7.18. The molecule has 114 valence electrons. The van der Waals surface area contributed by atoms with E-state index in [4.69, 9.17) is 18.0 Å². The number of hydrogen-bond donors (Lipinski definition) is 3. The van der Waals surface area contributed by atoms with E-state index in [1.807, 2.05) is 0 Å². The molecule has 2 amide bonds. The third-order valence-corrected chi connectivity index (χ3v) is 4.10. The first-order valence-electron chi connectivity index (χ1n) is 6.77. The Bertz CT molecular complexity index is 559. The normalized spacial score (nSPS) is 17.0. The van der Waals surface area contributed by atoms with Crippen LogP contribution in [-0.4, -0.2) is 16.6 Å². The Hall–Kier alpha value is -1.76. The zero-order valence-electron chi connectivity index (χ0n) is 11.4. The number of urea groups is 1. The van der Waals surface area contributed by atoms with Gasteiger partial charge in [-0.3, -0.25) is 0 Å². The fraction of sp³-hybridized carbons (Fsp3) is 0.429. The number of nitrogens with one attached hydrogen (secondary N) is 2. The van der Waals surface area contributed by atoms with Gasteiger partial charge in [-0.2, -0.15) is 0 Å². The average Bonchev–Trinajstić information content (AvgIpc) is 2.43. The lowest BCUT2D eigenvalue weighted by atomic mass is 9.81. The van der Waals surface area contributed by atoms with Crippen molar-refractivity contribution in [2.75, 3.05) is 5.32 Å². The number of carbonyl (C=O) groups excluding carboxylic acids is 1. The number of carbonyl (C=O) groups is 1. The van der Waals surface area contributed by atoms with Gasteiger partial charge in [0.05, 0.1) is 16.2 Å². The van der Waals surface area contributed by atoms with E-state index in [1.165, 1.54) is 6.07 Å². The van der Waals surface area contributed by atoms with Crippen LogP contribution in [0.5, 0.6) is 0 Å². The van der Waals surface area contributed by atoms with Gasteiger partial charge in [0.1, 0.15) is 11.6 Å². The summed E-state index contributed by atoms with van der Waals surface area (Å²) in [5.41, 5.74) is 4.94. The van der Waals surface area contributed by atoms with Crippen molar-refractivity contribution in [3.05, 3.63) is 29.8 Å². The van der Waals surface area contributed by atoms with Gasteiger partial charge >= 0.3 is 6.03 Å². The average molecular weight is 313 g/mol. The predicted molar refractivity (Wildman–Crippen MR) is 81.1 cm³/mol. The van der Waals surface area contributed by atoms with Crippen LogP contribution in [0.2, 0.25) is 0 Å². The first-order chi connectivity index (χ1) is 9.93. The van der Waals surface area contributed by atoms with Gasteiger partial charge in [0.2, 0.25) is 0 Å². The lowest BCUT2D eigenvalue weighted by Crippen LogP contribution is -2.58. The molecule has 0 unspecified atom stereocenters. The Kier molecular flexibility index (Phi) is 4.72. The molecule has 1 aliphatic carbocycles. The van der Waals surface area contributed by atoms with Gasteiger partial charge in [-0.25, -0.2) is 13.6 Å². The summed E-state index contributed by atoms with van der Waals surface area (Å²) in [6.45, 7) is 0. The minimum Gasteiger partial charge on any atom is -0.391 e. The van der Waals surface area contributed by atoms with Gasteiger partial charge in [-0.15, -0.1) is 0 Å². The number of rotatable bonds is 3. The molecule has 1 aromatic carbocycles. The number of halogens is 2. The van der Waals surface area contributed by atoms with E-state index in [9.17, 15) is 13.6 Å². The van der Waals surface area contributed by atoms with E-state index in [1.54, 1.807) is 0 Å². The summed E-state index contributed by atoms with van der Waals surface area (Å²) in [6.07, 6.45) is 4.24. The third-order valence-electron chi connectivity index (χ3n) is 3.71. The Morgan fingerprint density at radius 3 is 2.48 bits per heavy atom. The topological polar surface area (TPSA) is 67.1 Å². The van der Waals surface area contributed by atoms with Crippen molar-refractivity contribution in [1.82, 2.24) is 5.32 Å². The number of hydrogen-bond acceptors (Lipinski definition) is 2. The molecule has 4 nitrogen and oxygen atoms in total. The summed E-state index contributed by atoms with van der Waals surface area (Å²) in [4.78, 5) is 12.3. The van der Waals surface area contributed by atoms with Crippen molar-refractivity contribution in [3.8, 4) is 0 Å². The van der Waals surface area contributed by atoms with Crippen molar-refractivity contribution < 1.29 is 13.6 Å². The van der Waals surface area contributed by atoms with Crippen molar-refractivity contribution in [1.29, 1.82) is 0 Å². The van der Waals surface area contributed by atoms with Crippen LogP contribution in [0.4, 0.5) is 19.3 Å². The predicted octanol–water partition coefficient (Wildman–Crippen LogP) is 3.08. The molecule has 0 bridgehead atoms. The number of benzene rings is 1. The summed E-state index contributed by atoms with van der Waals surface area (Å²) in [6, 6.07) is 2.34. The van der Waals surface area contributed by atoms with E-state index in [0.29, 0.717) is 18.9 Å². The maximum absolute atomic E-state index is 13.5. The van der Waals surface area contributed by atoms with Crippen LogP contribution in [0.15, 0.2) is 18.2 Å². The molecule has 1 aromatic rings. The highest BCUT2D eigenvalue weighted by Gasteiger charge is 2.36. The molecule has 7 heteroatoms. The van der Waals surface area contributed by atoms with E-state index >= 15 is 0 Å². The highest BCUT2D eigenvalue weighted by Crippen LogP contribution is 2.28. The Morgan fingerprint density at radius 1 is 1.24 bits per heavy atom. The van der Waals surface area contributed by atoms with Gasteiger partial charge in [0.25, 0.3) is 0 Å². The van der Waals surface area contributed by atoms with E-state index in [2.05, 4.69) is 10.6 Å². The largest absolute Gasteiger partial charge is 0.391 e. The summed E-state index contributed by atoms with van der Waals surface area (Å²) in [5.74, 6) is -1.54. The molecule has 0 aliphatic heterocycles. The fourth-order valence-electron chi connectivity index (χ4n) is 2.55. The molecule has 1 saturated carbocycles. The molecule has 0 atom stereocenters. The van der Waals surface area contributed by atoms with Crippen LogP contribution in [0, 0.1) is 11.6 Å². The number of nitrogens with two attached hydrogens (primary N) is 1. The van der Waals surface area contributed by atoms with Gasteiger partial charge in [-0.05, 0) is 25.0 Å². The SMILES string of the molecule is NC(=S)C1(NC(=O)Nc2ccc(F)cc2F)CCCCC1. The van der Waals surface area contributed by atoms with Crippen molar-refractivity contribution in [3.63, 3.8) is 0 Å². The minimum absolute atomic E-state index is 0.0946. The molecule has 2 rings (SSSR count). The lowest BCUT2D eigenvalue weighted by molar-refractivity contribution is 0.236. The van der Waals surface area contributed by atoms with Crippen LogP contribution in [0.3, 0.4) is 0 Å². The second-order valence-corrected chi connectivity index (χ2v) is 5.65. The minimum atomic E-state index is -0.835. The van der Waals surface area contributed by atoms with Crippen molar-refractivity contribution >= 4 is 28.9 Å². The molecule has 1 aliphatic rings. The second-order valence-electron chi connectivity index (χ2n) is 5.21. The monoisotopic (exact) mass is 313 g/mol. The molecule has 0 aromatic heterocycles. The Labute approximate surface area is 127 Å². The van der Waals surface area contributed by atoms with Crippen LogP contribution < -0.4 is 16.4 Å². The standard InChI is InChI=1S/C14H17F2N3OS/c15-9-4-5-11(10(16)8-9)18-13(20)19-14(12(17)21)6-2-1-3-7-14/h4-5,8H,1-3,6-7H2,(H2,17,21)(H2,18,19,20). The molecule has 21 heavy (non-hydrogen) atoms. The van der Waals surface area contributed by atoms with Crippen molar-refractivity contribution in [2.45, 2.75) is 37.6 Å². The van der Waals surface area contributed by atoms with E-state index < -0.39 is 23.2 Å². The highest BCUT2D eigenvalue weighted by atomic mass is 32.1.